The summed E-state index contributed by atoms with van der Waals surface area (Å²) in [4.78, 5) is 11.4. The van der Waals surface area contributed by atoms with Crippen LogP contribution in [0.4, 0.5) is 0 Å². The van der Waals surface area contributed by atoms with Gasteiger partial charge in [-0.05, 0) is 61.9 Å². The summed E-state index contributed by atoms with van der Waals surface area (Å²) < 4.78 is 5.08. The Kier molecular flexibility index (Phi) is 5.12. The van der Waals surface area contributed by atoms with Gasteiger partial charge in [-0.1, -0.05) is 136 Å². The first kappa shape index (κ1) is 29.8. The molecule has 2 aromatic heterocycles. The molecule has 0 amide bonds. The van der Waals surface area contributed by atoms with Crippen molar-refractivity contribution in [1.29, 1.82) is 0 Å². The van der Waals surface area contributed by atoms with E-state index in [1.165, 1.54) is 83.3 Å². The van der Waals surface area contributed by atoms with Crippen molar-refractivity contribution in [1.82, 2.24) is 19.1 Å². The van der Waals surface area contributed by atoms with E-state index in [0.29, 0.717) is 0 Å². The van der Waals surface area contributed by atoms with E-state index in [1.807, 2.05) is 0 Å². The quantitative estimate of drug-likeness (QED) is 0.152. The van der Waals surface area contributed by atoms with E-state index in [0.717, 1.165) is 22.7 Å². The first-order chi connectivity index (χ1) is 24.1. The Labute approximate surface area is 300 Å². The summed E-state index contributed by atoms with van der Waals surface area (Å²) in [6.45, 7) is 23.5. The van der Waals surface area contributed by atoms with Crippen molar-refractivity contribution >= 4 is 45.2 Å². The third kappa shape index (κ3) is 3.31. The van der Waals surface area contributed by atoms with Gasteiger partial charge < -0.3 is 0 Å². The largest absolute Gasteiger partial charge is 0.297 e. The zero-order chi connectivity index (χ0) is 35.3. The molecule has 0 N–H and O–H groups in total. The Balaban J connectivity index is 1.36. The van der Waals surface area contributed by atoms with Crippen LogP contribution in [-0.2, 0) is 21.7 Å². The number of fused-ring (bicyclic) bond motifs is 12. The molecule has 0 spiro atoms. The van der Waals surface area contributed by atoms with Gasteiger partial charge in [0.25, 0.3) is 6.71 Å². The Hall–Kier alpha value is -4.90. The molecule has 0 fully saturated rings. The van der Waals surface area contributed by atoms with Gasteiger partial charge in [-0.2, -0.15) is 0 Å². The van der Waals surface area contributed by atoms with Gasteiger partial charge in [0.1, 0.15) is 11.6 Å². The maximum Gasteiger partial charge on any atom is 0.252 e. The fourth-order valence-corrected chi connectivity index (χ4v) is 10.5. The van der Waals surface area contributed by atoms with E-state index in [1.54, 1.807) is 0 Å². The molecule has 2 aliphatic heterocycles. The van der Waals surface area contributed by atoms with E-state index >= 15 is 0 Å². The highest BCUT2D eigenvalue weighted by atomic mass is 15.1. The van der Waals surface area contributed by atoms with Gasteiger partial charge in [0, 0.05) is 44.2 Å². The number of imidazole rings is 2. The van der Waals surface area contributed by atoms with Crippen LogP contribution in [-0.4, -0.2) is 25.8 Å². The molecule has 0 saturated heterocycles. The molecule has 7 aromatic rings. The SMILES string of the molecule is CC(C)(C)c1nc2c3c(cc4c2n1-c1cccc2c1B4c1cc4c(c5nc(C(C)(C)C)n-2c15)-c1ccccc1C4(C)C)C(C)(C)c1ccccc1-3. The minimum atomic E-state index is -0.172. The van der Waals surface area contributed by atoms with Crippen LogP contribution in [0.25, 0.3) is 55.7 Å². The number of hydrogen-bond acceptors (Lipinski definition) is 2. The summed E-state index contributed by atoms with van der Waals surface area (Å²) in [5, 5.41) is 0. The van der Waals surface area contributed by atoms with E-state index in [-0.39, 0.29) is 28.4 Å². The second-order valence-corrected chi connectivity index (χ2v) is 18.7. The third-order valence-corrected chi connectivity index (χ3v) is 12.8. The Morgan fingerprint density at radius 3 is 1.35 bits per heavy atom. The van der Waals surface area contributed by atoms with Crippen molar-refractivity contribution in [3.8, 4) is 33.6 Å². The van der Waals surface area contributed by atoms with Gasteiger partial charge >= 0.3 is 0 Å². The Morgan fingerprint density at radius 1 is 0.529 bits per heavy atom. The van der Waals surface area contributed by atoms with Gasteiger partial charge in [-0.3, -0.25) is 9.13 Å². The Bertz CT molecular complexity index is 2590. The molecule has 5 heteroatoms. The molecule has 2 aliphatic carbocycles. The molecule has 0 atom stereocenters. The fourth-order valence-electron chi connectivity index (χ4n) is 10.5. The minimum absolute atomic E-state index is 0.0462. The molecule has 4 nitrogen and oxygen atoms in total. The summed E-state index contributed by atoms with van der Waals surface area (Å²) in [7, 11) is 0. The summed E-state index contributed by atoms with van der Waals surface area (Å²) in [6.07, 6.45) is 0. The van der Waals surface area contributed by atoms with Gasteiger partial charge in [0.2, 0.25) is 0 Å². The van der Waals surface area contributed by atoms with Crippen molar-refractivity contribution in [3.63, 3.8) is 0 Å². The molecule has 4 aliphatic rings. The standard InChI is InChI=1S/C46H43BN4/c1-43(2,3)41-48-37-34-24-16-11-13-18-26(24)45(7,8)28(34)22-30-39(37)50(41)32-20-15-21-33-36(32)47(30)31-23-29-35(25-17-12-14-19-27(25)46(29,9)10)38-40(31)51(33)42(49-38)44(4,5)6/h11-23H,1-10H3. The minimum Gasteiger partial charge on any atom is -0.297 e. The average molecular weight is 663 g/mol. The zero-order valence-corrected chi connectivity index (χ0v) is 31.4. The van der Waals surface area contributed by atoms with E-state index < -0.39 is 0 Å². The average Bonchev–Trinajstić information content (AvgIpc) is 3.79. The molecule has 0 bridgehead atoms. The summed E-state index contributed by atoms with van der Waals surface area (Å²) in [6, 6.07) is 30.2. The second kappa shape index (κ2) is 8.76. The molecule has 5 aromatic carbocycles. The monoisotopic (exact) mass is 662 g/mol. The van der Waals surface area contributed by atoms with Crippen LogP contribution in [0, 0.1) is 0 Å². The lowest BCUT2D eigenvalue weighted by Gasteiger charge is -2.36. The normalized spacial score (nSPS) is 16.7. The van der Waals surface area contributed by atoms with E-state index in [2.05, 4.69) is 157 Å². The van der Waals surface area contributed by atoms with Crippen molar-refractivity contribution < 1.29 is 0 Å². The fraction of sp³-hybridized carbons (Fsp3) is 0.304. The molecule has 11 rings (SSSR count). The van der Waals surface area contributed by atoms with E-state index in [9.17, 15) is 0 Å². The highest BCUT2D eigenvalue weighted by molar-refractivity contribution is 7.00. The van der Waals surface area contributed by atoms with Crippen LogP contribution in [0.3, 0.4) is 0 Å². The zero-order valence-electron chi connectivity index (χ0n) is 31.4. The van der Waals surface area contributed by atoms with Gasteiger partial charge in [0.15, 0.2) is 0 Å². The molecule has 51 heavy (non-hydrogen) atoms. The van der Waals surface area contributed by atoms with Crippen LogP contribution in [0.15, 0.2) is 78.9 Å². The number of nitrogens with zero attached hydrogens (tertiary/aromatic N) is 4. The van der Waals surface area contributed by atoms with Gasteiger partial charge in [0.05, 0.1) is 22.1 Å². The lowest BCUT2D eigenvalue weighted by Crippen LogP contribution is -2.60. The van der Waals surface area contributed by atoms with Crippen LogP contribution in [0.1, 0.15) is 103 Å². The second-order valence-electron chi connectivity index (χ2n) is 18.7. The lowest BCUT2D eigenvalue weighted by molar-refractivity contribution is 0.538. The first-order valence-corrected chi connectivity index (χ1v) is 18.7. The van der Waals surface area contributed by atoms with Crippen molar-refractivity contribution in [2.75, 3.05) is 0 Å². The molecule has 0 radical (unpaired) electrons. The molecule has 4 heterocycles. The lowest BCUT2D eigenvalue weighted by atomic mass is 9.34. The number of aromatic nitrogens is 4. The molecular formula is C46H43BN4. The Morgan fingerprint density at radius 2 is 0.941 bits per heavy atom. The molecule has 250 valence electrons. The molecular weight excluding hydrogens is 619 g/mol. The number of benzene rings is 5. The predicted octanol–water partition coefficient (Wildman–Crippen LogP) is 8.72. The van der Waals surface area contributed by atoms with Gasteiger partial charge in [-0.15, -0.1) is 0 Å². The molecule has 0 saturated carbocycles. The number of rotatable bonds is 0. The number of hydrogen-bond donors (Lipinski definition) is 0. The summed E-state index contributed by atoms with van der Waals surface area (Å²) in [5.41, 5.74) is 21.6. The van der Waals surface area contributed by atoms with Crippen LogP contribution < -0.4 is 16.4 Å². The van der Waals surface area contributed by atoms with Crippen molar-refractivity contribution in [2.24, 2.45) is 0 Å². The predicted molar refractivity (Wildman–Crippen MR) is 213 cm³/mol. The summed E-state index contributed by atoms with van der Waals surface area (Å²) in [5.74, 6) is 2.23. The van der Waals surface area contributed by atoms with Crippen molar-refractivity contribution in [2.45, 2.75) is 90.9 Å². The highest BCUT2D eigenvalue weighted by Crippen LogP contribution is 2.54. The molecule has 0 unspecified atom stereocenters. The van der Waals surface area contributed by atoms with Gasteiger partial charge in [-0.25, -0.2) is 9.97 Å². The summed E-state index contributed by atoms with van der Waals surface area (Å²) >= 11 is 0. The third-order valence-electron chi connectivity index (χ3n) is 12.8. The van der Waals surface area contributed by atoms with Crippen molar-refractivity contribution in [3.05, 3.63) is 113 Å². The smallest absolute Gasteiger partial charge is 0.252 e. The maximum atomic E-state index is 5.70. The van der Waals surface area contributed by atoms with Crippen LogP contribution >= 0.6 is 0 Å². The van der Waals surface area contributed by atoms with E-state index in [4.69, 9.17) is 9.97 Å². The highest BCUT2D eigenvalue weighted by Gasteiger charge is 2.48. The van der Waals surface area contributed by atoms with Crippen LogP contribution in [0.5, 0.6) is 0 Å². The first-order valence-electron chi connectivity index (χ1n) is 18.7. The van der Waals surface area contributed by atoms with Crippen LogP contribution in [0.2, 0.25) is 0 Å². The maximum absolute atomic E-state index is 5.70. The topological polar surface area (TPSA) is 35.6 Å².